The van der Waals surface area contributed by atoms with E-state index in [1.807, 2.05) is 38.1 Å². The first-order chi connectivity index (χ1) is 12.5. The van der Waals surface area contributed by atoms with Gasteiger partial charge in [-0.15, -0.1) is 0 Å². The highest BCUT2D eigenvalue weighted by Gasteiger charge is 2.07. The van der Waals surface area contributed by atoms with Crippen LogP contribution in [0.4, 0.5) is 0 Å². The summed E-state index contributed by atoms with van der Waals surface area (Å²) in [5.74, 6) is 0.153. The van der Waals surface area contributed by atoms with Gasteiger partial charge in [-0.3, -0.25) is 9.36 Å². The molecule has 0 aliphatic heterocycles. The molecule has 0 N–H and O–H groups in total. The van der Waals surface area contributed by atoms with E-state index in [4.69, 9.17) is 9.47 Å². The van der Waals surface area contributed by atoms with Gasteiger partial charge in [0.15, 0.2) is 6.61 Å². The van der Waals surface area contributed by atoms with Crippen molar-refractivity contribution in [3.05, 3.63) is 70.3 Å². The highest BCUT2D eigenvalue weighted by Crippen LogP contribution is 2.16. The molecule has 3 aromatic rings. The number of nitrogens with zero attached hydrogens (tertiary/aromatic N) is 2. The Balaban J connectivity index is 1.52. The van der Waals surface area contributed by atoms with Crippen molar-refractivity contribution < 1.29 is 14.3 Å². The SMILES string of the molecule is Cc1cc(C)cc(OCC(=O)OCCn2cnc3ccccc3c2=O)c1. The lowest BCUT2D eigenvalue weighted by atomic mass is 10.1. The van der Waals surface area contributed by atoms with Gasteiger partial charge in [0.1, 0.15) is 12.4 Å². The van der Waals surface area contributed by atoms with E-state index < -0.39 is 5.97 Å². The van der Waals surface area contributed by atoms with Crippen molar-refractivity contribution in [2.75, 3.05) is 13.2 Å². The summed E-state index contributed by atoms with van der Waals surface area (Å²) in [7, 11) is 0. The third-order valence-electron chi connectivity index (χ3n) is 3.88. The molecule has 0 saturated heterocycles. The molecule has 0 radical (unpaired) electrons. The maximum Gasteiger partial charge on any atom is 0.344 e. The number of hydrogen-bond donors (Lipinski definition) is 0. The van der Waals surface area contributed by atoms with Gasteiger partial charge in [0, 0.05) is 0 Å². The van der Waals surface area contributed by atoms with Gasteiger partial charge in [0.25, 0.3) is 5.56 Å². The monoisotopic (exact) mass is 352 g/mol. The van der Waals surface area contributed by atoms with Gasteiger partial charge in [-0.25, -0.2) is 9.78 Å². The number of benzene rings is 2. The van der Waals surface area contributed by atoms with Crippen molar-refractivity contribution in [3.8, 4) is 5.75 Å². The first-order valence-corrected chi connectivity index (χ1v) is 8.34. The molecule has 3 rings (SSSR count). The number of aromatic nitrogens is 2. The second-order valence-corrected chi connectivity index (χ2v) is 6.09. The lowest BCUT2D eigenvalue weighted by Gasteiger charge is -2.10. The lowest BCUT2D eigenvalue weighted by Crippen LogP contribution is -2.24. The first-order valence-electron chi connectivity index (χ1n) is 8.34. The second kappa shape index (κ2) is 7.82. The van der Waals surface area contributed by atoms with Gasteiger partial charge in [-0.1, -0.05) is 18.2 Å². The van der Waals surface area contributed by atoms with Crippen LogP contribution in [0.2, 0.25) is 0 Å². The zero-order chi connectivity index (χ0) is 18.5. The summed E-state index contributed by atoms with van der Waals surface area (Å²) in [6.07, 6.45) is 1.46. The predicted octanol–water partition coefficient (Wildman–Crippen LogP) is 2.64. The molecular formula is C20H20N2O4. The fraction of sp³-hybridized carbons (Fsp3) is 0.250. The van der Waals surface area contributed by atoms with Crippen LogP contribution in [0.3, 0.4) is 0 Å². The number of para-hydroxylation sites is 1. The molecule has 0 fully saturated rings. The fourth-order valence-electron chi connectivity index (χ4n) is 2.72. The Labute approximate surface area is 151 Å². The number of aryl methyl sites for hydroxylation is 2. The average Bonchev–Trinajstić information content (AvgIpc) is 2.61. The van der Waals surface area contributed by atoms with E-state index in [0.29, 0.717) is 16.7 Å². The van der Waals surface area contributed by atoms with E-state index in [1.54, 1.807) is 18.2 Å². The molecule has 2 aromatic carbocycles. The molecule has 134 valence electrons. The minimum atomic E-state index is -0.481. The Bertz CT molecular complexity index is 974. The van der Waals surface area contributed by atoms with Crippen LogP contribution >= 0.6 is 0 Å². The molecule has 0 amide bonds. The molecule has 0 saturated carbocycles. The summed E-state index contributed by atoms with van der Waals surface area (Å²) >= 11 is 0. The number of ether oxygens (including phenoxy) is 2. The molecular weight excluding hydrogens is 332 g/mol. The van der Waals surface area contributed by atoms with E-state index in [9.17, 15) is 9.59 Å². The van der Waals surface area contributed by atoms with Crippen molar-refractivity contribution >= 4 is 16.9 Å². The van der Waals surface area contributed by atoms with Crippen LogP contribution < -0.4 is 10.3 Å². The van der Waals surface area contributed by atoms with Crippen molar-refractivity contribution in [3.63, 3.8) is 0 Å². The van der Waals surface area contributed by atoms with Gasteiger partial charge in [0.2, 0.25) is 0 Å². The van der Waals surface area contributed by atoms with Crippen LogP contribution in [0.5, 0.6) is 5.75 Å². The Hall–Kier alpha value is -3.15. The van der Waals surface area contributed by atoms with E-state index in [-0.39, 0.29) is 25.3 Å². The first kappa shape index (κ1) is 17.7. The van der Waals surface area contributed by atoms with Crippen molar-refractivity contribution in [1.82, 2.24) is 9.55 Å². The summed E-state index contributed by atoms with van der Waals surface area (Å²) in [4.78, 5) is 28.4. The van der Waals surface area contributed by atoms with Gasteiger partial charge < -0.3 is 9.47 Å². The number of hydrogen-bond acceptors (Lipinski definition) is 5. The number of carbonyl (C=O) groups is 1. The zero-order valence-corrected chi connectivity index (χ0v) is 14.8. The smallest absolute Gasteiger partial charge is 0.344 e. The topological polar surface area (TPSA) is 70.4 Å². The van der Waals surface area contributed by atoms with Gasteiger partial charge in [-0.2, -0.15) is 0 Å². The zero-order valence-electron chi connectivity index (χ0n) is 14.8. The van der Waals surface area contributed by atoms with Crippen molar-refractivity contribution in [1.29, 1.82) is 0 Å². The van der Waals surface area contributed by atoms with E-state index in [2.05, 4.69) is 4.98 Å². The number of rotatable bonds is 6. The molecule has 0 atom stereocenters. The molecule has 0 unspecified atom stereocenters. The molecule has 6 heteroatoms. The summed E-state index contributed by atoms with van der Waals surface area (Å²) < 4.78 is 12.0. The second-order valence-electron chi connectivity index (χ2n) is 6.09. The Morgan fingerprint density at radius 2 is 1.85 bits per heavy atom. The summed E-state index contributed by atoms with van der Waals surface area (Å²) in [6, 6.07) is 12.9. The molecule has 0 aliphatic carbocycles. The Morgan fingerprint density at radius 3 is 2.62 bits per heavy atom. The van der Waals surface area contributed by atoms with Crippen molar-refractivity contribution in [2.24, 2.45) is 0 Å². The number of fused-ring (bicyclic) bond motifs is 1. The minimum Gasteiger partial charge on any atom is -0.482 e. The largest absolute Gasteiger partial charge is 0.482 e. The molecule has 1 heterocycles. The molecule has 6 nitrogen and oxygen atoms in total. The lowest BCUT2D eigenvalue weighted by molar-refractivity contribution is -0.146. The minimum absolute atomic E-state index is 0.0783. The summed E-state index contributed by atoms with van der Waals surface area (Å²) in [6.45, 7) is 4.08. The molecule has 1 aromatic heterocycles. The summed E-state index contributed by atoms with van der Waals surface area (Å²) in [5.41, 5.74) is 2.62. The quantitative estimate of drug-likeness (QED) is 0.638. The van der Waals surface area contributed by atoms with Crippen LogP contribution in [0.15, 0.2) is 53.6 Å². The van der Waals surface area contributed by atoms with E-state index >= 15 is 0 Å². The highest BCUT2D eigenvalue weighted by atomic mass is 16.6. The average molecular weight is 352 g/mol. The molecule has 0 spiro atoms. The van der Waals surface area contributed by atoms with Crippen LogP contribution in [0.1, 0.15) is 11.1 Å². The predicted molar refractivity (Wildman–Crippen MR) is 98.4 cm³/mol. The normalized spacial score (nSPS) is 10.7. The number of carbonyl (C=O) groups excluding carboxylic acids is 1. The van der Waals surface area contributed by atoms with Crippen LogP contribution in [-0.2, 0) is 16.1 Å². The third-order valence-corrected chi connectivity index (χ3v) is 3.88. The van der Waals surface area contributed by atoms with Crippen LogP contribution in [0.25, 0.3) is 10.9 Å². The van der Waals surface area contributed by atoms with Crippen LogP contribution in [0, 0.1) is 13.8 Å². The Morgan fingerprint density at radius 1 is 1.12 bits per heavy atom. The van der Waals surface area contributed by atoms with Crippen LogP contribution in [-0.4, -0.2) is 28.7 Å². The summed E-state index contributed by atoms with van der Waals surface area (Å²) in [5, 5.41) is 0.541. The highest BCUT2D eigenvalue weighted by molar-refractivity contribution is 5.76. The maximum absolute atomic E-state index is 12.3. The fourth-order valence-corrected chi connectivity index (χ4v) is 2.72. The molecule has 0 aliphatic rings. The Kier molecular flexibility index (Phi) is 5.31. The van der Waals surface area contributed by atoms with Gasteiger partial charge in [-0.05, 0) is 49.2 Å². The number of esters is 1. The van der Waals surface area contributed by atoms with E-state index in [1.165, 1.54) is 10.9 Å². The standard InChI is InChI=1S/C20H20N2O4/c1-14-9-15(2)11-16(10-14)26-12-19(23)25-8-7-22-13-21-18-6-4-3-5-17(18)20(22)24/h3-6,9-11,13H,7-8,12H2,1-2H3. The van der Waals surface area contributed by atoms with Gasteiger partial charge in [0.05, 0.1) is 23.8 Å². The van der Waals surface area contributed by atoms with E-state index in [0.717, 1.165) is 11.1 Å². The molecule has 26 heavy (non-hydrogen) atoms. The van der Waals surface area contributed by atoms with Crippen molar-refractivity contribution in [2.45, 2.75) is 20.4 Å². The molecule has 0 bridgehead atoms. The van der Waals surface area contributed by atoms with Gasteiger partial charge >= 0.3 is 5.97 Å². The maximum atomic E-state index is 12.3. The third kappa shape index (κ3) is 4.27.